The van der Waals surface area contributed by atoms with E-state index in [0.29, 0.717) is 75.4 Å². The van der Waals surface area contributed by atoms with Gasteiger partial charge in [-0.25, -0.2) is 14.4 Å². The molecule has 0 unspecified atom stereocenters. The van der Waals surface area contributed by atoms with Crippen molar-refractivity contribution in [2.45, 2.75) is 114 Å². The van der Waals surface area contributed by atoms with Gasteiger partial charge in [-0.1, -0.05) is 70.1 Å². The number of nitrogens with one attached hydrogen (secondary N) is 6. The van der Waals surface area contributed by atoms with Gasteiger partial charge in [-0.2, -0.15) is 0 Å². The Balaban J connectivity index is 0.000000145. The number of urea groups is 3. The number of carbonyl (C=O) groups excluding carboxylic acids is 9. The van der Waals surface area contributed by atoms with Crippen LogP contribution in [-0.4, -0.2) is 200 Å². The van der Waals surface area contributed by atoms with E-state index < -0.39 is 52.4 Å². The fraction of sp³-hybridized carbons (Fsp3) is 0.321. The summed E-state index contributed by atoms with van der Waals surface area (Å²) in [6, 6.07) is 32.5. The second-order valence-electron chi connectivity index (χ2n) is 27.9. The monoisotopic (exact) mass is 1490 g/mol. The van der Waals surface area contributed by atoms with Crippen LogP contribution in [0.2, 0.25) is 0 Å². The standard InChI is InChI=1S/C29H31N5O5.C28H29N5O5.C24H19N5O4/c1-18-5-4-6-19(2)34(18)25(32-38)21-9-7-20(8-10-21)13-14-29(27(36)30-28(37)31-29)17-33-16-22-11-12-23(39-3)15-24(22)26(33)35;1-18-5-3-4-14-33(18)24(31-37)20-8-6-19(7-9-20)12-13-28(26(35)29-27(36)30-28)17-32-16-21-10-11-22(38-2)15-23(21)25(32)34;1-33-18-4-3-17-13-29(21(30)19(17)10-18)14-24(22(31)27-23(32)28-24)8-6-15-2-5-20(26-11-15)16-7-9-25-12-16/h7-12,15,18-19,38H,4-6,16-17H2,1-3H3,(H2,30,31,36,37);6-11,15,18,37H,3-5,14,16-17H2,1-2H3,(H2,29,30,35,36);2-5,7,10-12H,9,13-14H2,1H3,(H2,27,28,31,32)/t18-,19+,29-;18-,28+;24-/m101/s1. The van der Waals surface area contributed by atoms with Crippen LogP contribution in [0, 0.1) is 35.5 Å². The zero-order valence-electron chi connectivity index (χ0n) is 61.2. The van der Waals surface area contributed by atoms with Gasteiger partial charge in [-0.3, -0.25) is 54.7 Å². The molecule has 562 valence electrons. The molecule has 9 aliphatic rings. The number of carbonyl (C=O) groups is 9. The van der Waals surface area contributed by atoms with Crippen molar-refractivity contribution >= 4 is 77.0 Å². The zero-order chi connectivity index (χ0) is 77.6. The zero-order valence-corrected chi connectivity index (χ0v) is 61.2. The summed E-state index contributed by atoms with van der Waals surface area (Å²) in [5.74, 6) is 17.7. The van der Waals surface area contributed by atoms with E-state index in [2.05, 4.69) is 118 Å². The van der Waals surface area contributed by atoms with Crippen molar-refractivity contribution in [3.63, 3.8) is 0 Å². The minimum atomic E-state index is -1.60. The van der Waals surface area contributed by atoms with Crippen LogP contribution < -0.4 is 46.1 Å². The van der Waals surface area contributed by atoms with Crippen molar-refractivity contribution < 1.29 is 67.8 Å². The molecule has 29 heteroatoms. The molecular weight excluding hydrogens is 1410 g/mol. The molecule has 15 rings (SSSR count). The van der Waals surface area contributed by atoms with Crippen LogP contribution in [0.1, 0.15) is 141 Å². The molecule has 29 nitrogen and oxygen atoms in total. The van der Waals surface area contributed by atoms with Gasteiger partial charge in [0.2, 0.25) is 16.6 Å². The number of likely N-dealkylation sites (tertiary alicyclic amines) is 2. The molecule has 0 bridgehead atoms. The molecule has 0 radical (unpaired) electrons. The Morgan fingerprint density at radius 1 is 0.500 bits per heavy atom. The molecule has 0 aliphatic carbocycles. The number of aromatic nitrogens is 1. The fourth-order valence-electron chi connectivity index (χ4n) is 14.7. The minimum Gasteiger partial charge on any atom is -0.497 e. The van der Waals surface area contributed by atoms with E-state index in [4.69, 9.17) is 14.2 Å². The maximum absolute atomic E-state index is 13.1. The Hall–Kier alpha value is -13.5. The van der Waals surface area contributed by atoms with Gasteiger partial charge in [0.25, 0.3) is 35.4 Å². The maximum Gasteiger partial charge on any atom is 0.323 e. The van der Waals surface area contributed by atoms with Crippen LogP contribution in [0.3, 0.4) is 0 Å². The van der Waals surface area contributed by atoms with Crippen molar-refractivity contribution in [2.24, 2.45) is 15.3 Å². The molecule has 0 spiro atoms. The fourth-order valence-corrected chi connectivity index (χ4v) is 14.7. The van der Waals surface area contributed by atoms with Gasteiger partial charge >= 0.3 is 18.1 Å². The molecule has 10 heterocycles. The highest BCUT2D eigenvalue weighted by atomic mass is 16.5. The third kappa shape index (κ3) is 15.4. The smallest absolute Gasteiger partial charge is 0.323 e. The molecule has 5 fully saturated rings. The molecular formula is C81H79N15O14. The normalized spacial score (nSPS) is 22.9. The molecule has 12 amide bonds. The third-order valence-electron chi connectivity index (χ3n) is 20.7. The highest BCUT2D eigenvalue weighted by Crippen LogP contribution is 2.34. The van der Waals surface area contributed by atoms with Gasteiger partial charge in [0.05, 0.1) is 53.2 Å². The summed E-state index contributed by atoms with van der Waals surface area (Å²) in [7, 11) is 4.59. The topological polar surface area (TPSA) is 360 Å². The lowest BCUT2D eigenvalue weighted by Crippen LogP contribution is -2.54. The number of hydrogen-bond acceptors (Lipinski definition) is 18. The van der Waals surface area contributed by atoms with E-state index in [1.165, 1.54) is 36.0 Å². The lowest BCUT2D eigenvalue weighted by atomic mass is 9.96. The largest absolute Gasteiger partial charge is 0.497 e. The summed E-state index contributed by atoms with van der Waals surface area (Å²) in [6.07, 6.45) is 11.8. The van der Waals surface area contributed by atoms with E-state index in [1.807, 2.05) is 54.6 Å². The number of rotatable bonds is 12. The molecule has 6 atom stereocenters. The van der Waals surface area contributed by atoms with Crippen molar-refractivity contribution in [3.05, 3.63) is 194 Å². The number of benzene rings is 5. The molecule has 0 saturated carbocycles. The highest BCUT2D eigenvalue weighted by Gasteiger charge is 2.51. The van der Waals surface area contributed by atoms with Crippen LogP contribution in [0.15, 0.2) is 143 Å². The summed E-state index contributed by atoms with van der Waals surface area (Å²) in [6.45, 7) is 8.39. The van der Waals surface area contributed by atoms with Gasteiger partial charge in [-0.05, 0) is 173 Å². The van der Waals surface area contributed by atoms with E-state index in [9.17, 15) is 53.6 Å². The van der Waals surface area contributed by atoms with Crippen LogP contribution in [0.25, 0.3) is 5.57 Å². The molecule has 8 N–H and O–H groups in total. The Morgan fingerprint density at radius 2 is 0.900 bits per heavy atom. The number of nitrogens with zero attached hydrogens (tertiary/aromatic N) is 9. The number of allylic oxidation sites excluding steroid dienone is 1. The number of amidine groups is 2. The number of ether oxygens (including phenoxy) is 3. The van der Waals surface area contributed by atoms with E-state index in [0.717, 1.165) is 84.2 Å². The number of hydrogen-bond donors (Lipinski definition) is 8. The van der Waals surface area contributed by atoms with Crippen LogP contribution in [0.4, 0.5) is 14.4 Å². The summed E-state index contributed by atoms with van der Waals surface area (Å²) in [5.41, 5.74) is 4.16. The van der Waals surface area contributed by atoms with Gasteiger partial charge in [0.1, 0.15) is 17.2 Å². The SMILES string of the molecule is COc1ccc2c(c1)C(=O)N(C[C@@]1(C#Cc3ccc(C(=NO)N4CCCC[C@@H]4C)cc3)NC(=O)NC1=O)C2.COc1ccc2c(c1)C(=O)N(C[C@@]1(C#Cc3ccc(C(=NO)N4[C@H](C)CCC[C@@H]4C)cc3)NC(=O)NC1=O)C2.COc1ccc2c(c1)C(=O)N(C[C@@]1(C#Cc3ccc(C4=CCN=C4)nc3)NC(=O)NC1=O)C2. The predicted octanol–water partition coefficient (Wildman–Crippen LogP) is 6.11. The number of aliphatic imine (C=N–C) groups is 1. The maximum atomic E-state index is 13.1. The number of amides is 12. The van der Waals surface area contributed by atoms with Crippen LogP contribution in [-0.2, 0) is 34.0 Å². The molecule has 6 aromatic rings. The summed E-state index contributed by atoms with van der Waals surface area (Å²) >= 11 is 0. The second-order valence-corrected chi connectivity index (χ2v) is 27.9. The van der Waals surface area contributed by atoms with Crippen LogP contribution in [0.5, 0.6) is 17.2 Å². The van der Waals surface area contributed by atoms with Crippen molar-refractivity contribution in [1.82, 2.24) is 61.4 Å². The minimum absolute atomic E-state index is 0.0950. The summed E-state index contributed by atoms with van der Waals surface area (Å²) < 4.78 is 15.7. The first kappa shape index (κ1) is 74.8. The van der Waals surface area contributed by atoms with Gasteiger partial charge in [0, 0.05) is 107 Å². The molecule has 9 aliphatic heterocycles. The lowest BCUT2D eigenvalue weighted by Gasteiger charge is -2.40. The van der Waals surface area contributed by atoms with Gasteiger partial charge in [0.15, 0.2) is 11.7 Å². The third-order valence-corrected chi connectivity index (χ3v) is 20.7. The van der Waals surface area contributed by atoms with Crippen LogP contribution >= 0.6 is 0 Å². The number of methoxy groups -OCH3 is 3. The van der Waals surface area contributed by atoms with E-state index in [1.54, 1.807) is 79.1 Å². The molecule has 110 heavy (non-hydrogen) atoms. The van der Waals surface area contributed by atoms with Crippen molar-refractivity contribution in [2.75, 3.05) is 54.1 Å². The van der Waals surface area contributed by atoms with Gasteiger partial charge < -0.3 is 65.1 Å². The number of fused-ring (bicyclic) bond motifs is 3. The molecule has 5 aromatic carbocycles. The number of oxime groups is 2. The number of imide groups is 3. The Morgan fingerprint density at radius 3 is 1.25 bits per heavy atom. The Kier molecular flexibility index (Phi) is 21.4. The molecule has 5 saturated heterocycles. The predicted molar refractivity (Wildman–Crippen MR) is 402 cm³/mol. The molecule has 1 aromatic heterocycles. The van der Waals surface area contributed by atoms with E-state index >= 15 is 0 Å². The number of piperidine rings is 2. The Bertz CT molecular complexity index is 5070. The second kappa shape index (κ2) is 31.5. The average Bonchev–Trinajstić information content (AvgIpc) is 1.61. The quantitative estimate of drug-likeness (QED) is 0.0171. The number of pyridine rings is 1. The lowest BCUT2D eigenvalue weighted by molar-refractivity contribution is -0.123. The summed E-state index contributed by atoms with van der Waals surface area (Å²) in [5, 5.41) is 41.2. The first-order valence-corrected chi connectivity index (χ1v) is 35.8. The van der Waals surface area contributed by atoms with Crippen molar-refractivity contribution in [1.29, 1.82) is 0 Å². The van der Waals surface area contributed by atoms with Crippen molar-refractivity contribution in [3.8, 4) is 52.8 Å². The highest BCUT2D eigenvalue weighted by molar-refractivity contribution is 6.13. The Labute approximate surface area is 633 Å². The average molecular weight is 1490 g/mol. The summed E-state index contributed by atoms with van der Waals surface area (Å²) in [4.78, 5) is 131. The first-order valence-electron chi connectivity index (χ1n) is 35.8. The van der Waals surface area contributed by atoms with E-state index in [-0.39, 0.29) is 68.6 Å². The van der Waals surface area contributed by atoms with Gasteiger partial charge in [-0.15, -0.1) is 0 Å². The first-order chi connectivity index (χ1) is 53.0.